The number of nitrogens with zero attached hydrogens (tertiary/aromatic N) is 1. The molecule has 0 aromatic heterocycles. The van der Waals surface area contributed by atoms with Crippen LogP contribution in [-0.4, -0.2) is 22.6 Å². The molecule has 0 bridgehead atoms. The van der Waals surface area contributed by atoms with Gasteiger partial charge in [0.2, 0.25) is 0 Å². The average molecular weight is 438 g/mol. The van der Waals surface area contributed by atoms with E-state index in [2.05, 4.69) is 5.32 Å². The van der Waals surface area contributed by atoms with Crippen LogP contribution in [0.25, 0.3) is 0 Å². The van der Waals surface area contributed by atoms with Gasteiger partial charge >= 0.3 is 6.18 Å². The molecule has 0 saturated carbocycles. The van der Waals surface area contributed by atoms with Gasteiger partial charge in [-0.05, 0) is 47.5 Å². The Balaban J connectivity index is 1.41. The summed E-state index contributed by atoms with van der Waals surface area (Å²) in [7, 11) is 0. The lowest BCUT2D eigenvalue weighted by atomic mass is 10.1. The molecule has 162 valence electrons. The van der Waals surface area contributed by atoms with E-state index < -0.39 is 17.6 Å². The summed E-state index contributed by atoms with van der Waals surface area (Å²) < 4.78 is 37.9. The number of halogens is 3. The fourth-order valence-electron chi connectivity index (χ4n) is 3.47. The van der Waals surface area contributed by atoms with Gasteiger partial charge < -0.3 is 5.32 Å². The van der Waals surface area contributed by atoms with Crippen molar-refractivity contribution in [1.29, 1.82) is 0 Å². The zero-order valence-corrected chi connectivity index (χ0v) is 16.6. The van der Waals surface area contributed by atoms with Crippen molar-refractivity contribution in [2.45, 2.75) is 19.3 Å². The summed E-state index contributed by atoms with van der Waals surface area (Å²) in [6, 6.07) is 17.6. The summed E-state index contributed by atoms with van der Waals surface area (Å²) in [5.74, 6) is -1.19. The molecule has 0 atom stereocenters. The number of fused-ring (bicyclic) bond motifs is 1. The topological polar surface area (TPSA) is 66.5 Å². The molecular weight excluding hydrogens is 421 g/mol. The zero-order valence-electron chi connectivity index (χ0n) is 16.6. The first-order valence-corrected chi connectivity index (χ1v) is 9.72. The molecule has 4 rings (SSSR count). The Morgan fingerprint density at radius 2 is 1.44 bits per heavy atom. The van der Waals surface area contributed by atoms with Crippen LogP contribution < -0.4 is 5.32 Å². The number of rotatable bonds is 5. The van der Waals surface area contributed by atoms with E-state index in [0.29, 0.717) is 27.8 Å². The summed E-state index contributed by atoms with van der Waals surface area (Å²) >= 11 is 0. The molecule has 3 amide bonds. The van der Waals surface area contributed by atoms with Gasteiger partial charge in [-0.3, -0.25) is 19.3 Å². The molecule has 0 saturated heterocycles. The molecular formula is C24H17F3N2O3. The highest BCUT2D eigenvalue weighted by Gasteiger charge is 2.35. The minimum Gasteiger partial charge on any atom is -0.348 e. The van der Waals surface area contributed by atoms with E-state index in [1.165, 1.54) is 12.1 Å². The monoisotopic (exact) mass is 438 g/mol. The van der Waals surface area contributed by atoms with Crippen molar-refractivity contribution in [2.75, 3.05) is 0 Å². The Hall–Kier alpha value is -3.94. The second-order valence-electron chi connectivity index (χ2n) is 7.32. The summed E-state index contributed by atoms with van der Waals surface area (Å²) in [4.78, 5) is 38.7. The van der Waals surface area contributed by atoms with Crippen molar-refractivity contribution in [3.8, 4) is 0 Å². The number of alkyl halides is 3. The first kappa shape index (κ1) is 21.3. The van der Waals surface area contributed by atoms with Crippen LogP contribution in [0.4, 0.5) is 13.2 Å². The number of hydrogen-bond donors (Lipinski definition) is 1. The van der Waals surface area contributed by atoms with E-state index in [1.54, 1.807) is 48.5 Å². The quantitative estimate of drug-likeness (QED) is 0.600. The first-order valence-electron chi connectivity index (χ1n) is 9.72. The van der Waals surface area contributed by atoms with Crippen molar-refractivity contribution < 1.29 is 27.6 Å². The zero-order chi connectivity index (χ0) is 22.9. The molecule has 1 heterocycles. The molecule has 1 N–H and O–H groups in total. The number of nitrogens with one attached hydrogen (secondary N) is 1. The number of imide groups is 1. The van der Waals surface area contributed by atoms with E-state index in [4.69, 9.17) is 0 Å². The number of amides is 3. The highest BCUT2D eigenvalue weighted by atomic mass is 19.4. The smallest absolute Gasteiger partial charge is 0.348 e. The van der Waals surface area contributed by atoms with Gasteiger partial charge in [0.25, 0.3) is 17.7 Å². The predicted molar refractivity (Wildman–Crippen MR) is 110 cm³/mol. The molecule has 0 radical (unpaired) electrons. The minimum absolute atomic E-state index is 0.0202. The summed E-state index contributed by atoms with van der Waals surface area (Å²) in [6.07, 6.45) is -4.41. The van der Waals surface area contributed by atoms with Crippen LogP contribution in [0.15, 0.2) is 72.8 Å². The third kappa shape index (κ3) is 4.25. The SMILES string of the molecule is O=C(NCc1ccc(C(F)(F)F)cc1)c1cccc(CN2C(=O)c3ccccc3C2=O)c1. The van der Waals surface area contributed by atoms with Crippen LogP contribution in [0.5, 0.6) is 0 Å². The number of benzene rings is 3. The van der Waals surface area contributed by atoms with Gasteiger partial charge in [0.1, 0.15) is 0 Å². The molecule has 0 fully saturated rings. The normalized spacial score (nSPS) is 13.3. The molecule has 8 heteroatoms. The maximum Gasteiger partial charge on any atom is 0.416 e. The Morgan fingerprint density at radius 1 is 0.812 bits per heavy atom. The van der Waals surface area contributed by atoms with Crippen LogP contribution in [0.2, 0.25) is 0 Å². The Labute approximate surface area is 181 Å². The molecule has 0 aliphatic carbocycles. The molecule has 0 spiro atoms. The highest BCUT2D eigenvalue weighted by Crippen LogP contribution is 2.29. The number of carbonyl (C=O) groups excluding carboxylic acids is 3. The summed E-state index contributed by atoms with van der Waals surface area (Å²) in [6.45, 7) is 0.0754. The summed E-state index contributed by atoms with van der Waals surface area (Å²) in [5, 5.41) is 2.66. The lowest BCUT2D eigenvalue weighted by molar-refractivity contribution is -0.137. The molecule has 0 unspecified atom stereocenters. The number of carbonyl (C=O) groups is 3. The third-order valence-corrected chi connectivity index (χ3v) is 5.14. The minimum atomic E-state index is -4.41. The van der Waals surface area contributed by atoms with Crippen LogP contribution in [-0.2, 0) is 19.3 Å². The highest BCUT2D eigenvalue weighted by molar-refractivity contribution is 6.21. The van der Waals surface area contributed by atoms with E-state index in [-0.39, 0.29) is 24.9 Å². The maximum atomic E-state index is 12.6. The van der Waals surface area contributed by atoms with E-state index in [0.717, 1.165) is 17.0 Å². The second kappa shape index (κ2) is 8.30. The number of hydrogen-bond acceptors (Lipinski definition) is 3. The van der Waals surface area contributed by atoms with Gasteiger partial charge in [-0.15, -0.1) is 0 Å². The second-order valence-corrected chi connectivity index (χ2v) is 7.32. The molecule has 1 aliphatic rings. The van der Waals surface area contributed by atoms with Crippen LogP contribution in [0.3, 0.4) is 0 Å². The van der Waals surface area contributed by atoms with E-state index in [9.17, 15) is 27.6 Å². The molecule has 32 heavy (non-hydrogen) atoms. The van der Waals surface area contributed by atoms with Gasteiger partial charge in [-0.1, -0.05) is 36.4 Å². The van der Waals surface area contributed by atoms with Crippen molar-refractivity contribution >= 4 is 17.7 Å². The molecule has 3 aromatic rings. The predicted octanol–water partition coefficient (Wildman–Crippen LogP) is 4.43. The molecule has 3 aromatic carbocycles. The standard InChI is InChI=1S/C24H17F3N2O3/c25-24(26,27)18-10-8-15(9-11-18)13-28-21(30)17-5-3-4-16(12-17)14-29-22(31)19-6-1-2-7-20(19)23(29)32/h1-12H,13-14H2,(H,28,30). The van der Waals surface area contributed by atoms with Gasteiger partial charge in [0.15, 0.2) is 0 Å². The fraction of sp³-hybridized carbons (Fsp3) is 0.125. The van der Waals surface area contributed by atoms with Crippen molar-refractivity contribution in [3.63, 3.8) is 0 Å². The van der Waals surface area contributed by atoms with E-state index in [1.807, 2.05) is 0 Å². The lowest BCUT2D eigenvalue weighted by Crippen LogP contribution is -2.29. The van der Waals surface area contributed by atoms with Crippen LogP contribution in [0.1, 0.15) is 47.8 Å². The summed E-state index contributed by atoms with van der Waals surface area (Å²) in [5.41, 5.74) is 1.38. The lowest BCUT2D eigenvalue weighted by Gasteiger charge is -2.14. The van der Waals surface area contributed by atoms with Crippen LogP contribution in [0, 0.1) is 0 Å². The van der Waals surface area contributed by atoms with Gasteiger partial charge in [0.05, 0.1) is 23.2 Å². The third-order valence-electron chi connectivity index (χ3n) is 5.14. The van der Waals surface area contributed by atoms with Crippen molar-refractivity contribution in [3.05, 3.63) is 106 Å². The Morgan fingerprint density at radius 3 is 2.03 bits per heavy atom. The fourth-order valence-corrected chi connectivity index (χ4v) is 3.47. The Kier molecular flexibility index (Phi) is 5.52. The van der Waals surface area contributed by atoms with Gasteiger partial charge in [0, 0.05) is 12.1 Å². The van der Waals surface area contributed by atoms with Gasteiger partial charge in [-0.25, -0.2) is 0 Å². The largest absolute Gasteiger partial charge is 0.416 e. The average Bonchev–Trinajstić information content (AvgIpc) is 3.02. The van der Waals surface area contributed by atoms with Crippen molar-refractivity contribution in [1.82, 2.24) is 10.2 Å². The van der Waals surface area contributed by atoms with Gasteiger partial charge in [-0.2, -0.15) is 13.2 Å². The first-order chi connectivity index (χ1) is 15.2. The Bertz CT molecular complexity index is 1170. The molecule has 5 nitrogen and oxygen atoms in total. The van der Waals surface area contributed by atoms with E-state index >= 15 is 0 Å². The van der Waals surface area contributed by atoms with Crippen molar-refractivity contribution in [2.24, 2.45) is 0 Å². The molecule has 1 aliphatic heterocycles. The maximum absolute atomic E-state index is 12.6. The van der Waals surface area contributed by atoms with Crippen LogP contribution >= 0.6 is 0 Å².